The van der Waals surface area contributed by atoms with Crippen molar-refractivity contribution in [3.05, 3.63) is 35.5 Å². The Morgan fingerprint density at radius 2 is 2.32 bits per heavy atom. The second-order valence-electron chi connectivity index (χ2n) is 6.30. The van der Waals surface area contributed by atoms with Gasteiger partial charge in [-0.05, 0) is 18.6 Å². The highest BCUT2D eigenvalue weighted by Crippen LogP contribution is 2.21. The van der Waals surface area contributed by atoms with Gasteiger partial charge in [0.25, 0.3) is 5.91 Å². The van der Waals surface area contributed by atoms with Crippen LogP contribution in [0.5, 0.6) is 0 Å². The third-order valence-electron chi connectivity index (χ3n) is 4.13. The van der Waals surface area contributed by atoms with Gasteiger partial charge in [0.05, 0.1) is 13.2 Å². The van der Waals surface area contributed by atoms with Gasteiger partial charge in [-0.3, -0.25) is 9.89 Å². The highest BCUT2D eigenvalue weighted by atomic mass is 16.5. The molecular formula is C17H24N6O2. The molecule has 1 atom stereocenters. The predicted molar refractivity (Wildman–Crippen MR) is 93.5 cm³/mol. The number of carbonyl (C=O) groups excluding carboxylic acids is 1. The number of carbonyl (C=O) groups is 1. The molecule has 1 saturated heterocycles. The third kappa shape index (κ3) is 3.96. The fourth-order valence-corrected chi connectivity index (χ4v) is 2.77. The summed E-state index contributed by atoms with van der Waals surface area (Å²) in [5.74, 6) is 2.20. The minimum atomic E-state index is -0.297. The lowest BCUT2D eigenvalue weighted by molar-refractivity contribution is -0.0266. The summed E-state index contributed by atoms with van der Waals surface area (Å²) in [6.07, 6.45) is 3.22. The molecule has 0 aromatic carbocycles. The largest absolute Gasteiger partial charge is 0.366 e. The van der Waals surface area contributed by atoms with Crippen molar-refractivity contribution < 1.29 is 9.53 Å². The first-order chi connectivity index (χ1) is 12.1. The van der Waals surface area contributed by atoms with Gasteiger partial charge in [-0.2, -0.15) is 5.10 Å². The van der Waals surface area contributed by atoms with Gasteiger partial charge >= 0.3 is 0 Å². The lowest BCUT2D eigenvalue weighted by Crippen LogP contribution is -2.42. The highest BCUT2D eigenvalue weighted by molar-refractivity contribution is 5.95. The number of pyridine rings is 1. The van der Waals surface area contributed by atoms with E-state index in [4.69, 9.17) is 4.74 Å². The van der Waals surface area contributed by atoms with Gasteiger partial charge in [0, 0.05) is 38.8 Å². The Balaban J connectivity index is 1.72. The number of morpholine rings is 1. The number of hydrogen-bond acceptors (Lipinski definition) is 6. The molecule has 134 valence electrons. The number of rotatable bonds is 5. The van der Waals surface area contributed by atoms with Crippen molar-refractivity contribution in [1.82, 2.24) is 25.1 Å². The van der Waals surface area contributed by atoms with Gasteiger partial charge in [-0.15, -0.1) is 0 Å². The molecular weight excluding hydrogens is 320 g/mol. The molecule has 0 aliphatic carbocycles. The average molecular weight is 344 g/mol. The first kappa shape index (κ1) is 17.3. The van der Waals surface area contributed by atoms with Crippen LogP contribution in [-0.4, -0.2) is 64.8 Å². The van der Waals surface area contributed by atoms with Gasteiger partial charge in [-0.1, -0.05) is 6.92 Å². The maximum atomic E-state index is 12.8. The van der Waals surface area contributed by atoms with Crippen LogP contribution in [0.3, 0.4) is 0 Å². The number of nitrogens with one attached hydrogen (secondary N) is 1. The van der Waals surface area contributed by atoms with E-state index in [0.717, 1.165) is 24.5 Å². The summed E-state index contributed by atoms with van der Waals surface area (Å²) in [5, 5.41) is 7.19. The number of anilines is 1. The Kier molecular flexibility index (Phi) is 5.28. The van der Waals surface area contributed by atoms with E-state index in [0.29, 0.717) is 31.1 Å². The molecule has 8 nitrogen and oxygen atoms in total. The summed E-state index contributed by atoms with van der Waals surface area (Å²) in [7, 11) is 3.80. The van der Waals surface area contributed by atoms with Gasteiger partial charge < -0.3 is 14.5 Å². The Morgan fingerprint density at radius 3 is 3.08 bits per heavy atom. The van der Waals surface area contributed by atoms with Crippen LogP contribution in [0.2, 0.25) is 0 Å². The Bertz CT molecular complexity index is 729. The predicted octanol–water partition coefficient (Wildman–Crippen LogP) is 1.43. The van der Waals surface area contributed by atoms with Crippen molar-refractivity contribution in [3.63, 3.8) is 0 Å². The standard InChI is InChI=1S/C17H24N6O2/c1-4-5-14-19-16(21-20-14)13-11-23(8-9-25-13)17(24)12-6-7-18-15(10-12)22(2)3/h6-7,10,13H,4-5,8-9,11H2,1-3H3,(H,19,20,21)/t13-/m1/s1. The van der Waals surface area contributed by atoms with Crippen LogP contribution in [0.1, 0.15) is 41.5 Å². The summed E-state index contributed by atoms with van der Waals surface area (Å²) >= 11 is 0. The number of aryl methyl sites for hydroxylation is 1. The second kappa shape index (κ2) is 7.60. The lowest BCUT2D eigenvalue weighted by atomic mass is 10.2. The van der Waals surface area contributed by atoms with E-state index in [-0.39, 0.29) is 12.0 Å². The van der Waals surface area contributed by atoms with Crippen LogP contribution < -0.4 is 4.90 Å². The molecule has 3 heterocycles. The molecule has 0 unspecified atom stereocenters. The molecule has 0 bridgehead atoms. The monoisotopic (exact) mass is 344 g/mol. The molecule has 3 rings (SSSR count). The van der Waals surface area contributed by atoms with Crippen LogP contribution >= 0.6 is 0 Å². The van der Waals surface area contributed by atoms with E-state index < -0.39 is 0 Å². The van der Waals surface area contributed by atoms with E-state index >= 15 is 0 Å². The zero-order valence-electron chi connectivity index (χ0n) is 14.9. The number of amides is 1. The van der Waals surface area contributed by atoms with Crippen molar-refractivity contribution >= 4 is 11.7 Å². The van der Waals surface area contributed by atoms with Crippen molar-refractivity contribution in [2.24, 2.45) is 0 Å². The Morgan fingerprint density at radius 1 is 1.48 bits per heavy atom. The minimum absolute atomic E-state index is 0.0249. The fourth-order valence-electron chi connectivity index (χ4n) is 2.77. The van der Waals surface area contributed by atoms with E-state index in [1.54, 1.807) is 23.2 Å². The number of ether oxygens (including phenoxy) is 1. The van der Waals surface area contributed by atoms with Crippen LogP contribution in [0.4, 0.5) is 5.82 Å². The van der Waals surface area contributed by atoms with E-state index in [1.165, 1.54) is 0 Å². The van der Waals surface area contributed by atoms with Crippen molar-refractivity contribution in [2.75, 3.05) is 38.7 Å². The zero-order valence-corrected chi connectivity index (χ0v) is 14.9. The number of aromatic nitrogens is 4. The van der Waals surface area contributed by atoms with Crippen LogP contribution in [0, 0.1) is 0 Å². The number of H-pyrrole nitrogens is 1. The smallest absolute Gasteiger partial charge is 0.254 e. The zero-order chi connectivity index (χ0) is 17.8. The molecule has 2 aromatic rings. The van der Waals surface area contributed by atoms with Crippen LogP contribution in [0.15, 0.2) is 18.3 Å². The van der Waals surface area contributed by atoms with E-state index in [1.807, 2.05) is 19.0 Å². The van der Waals surface area contributed by atoms with Crippen LogP contribution in [0.25, 0.3) is 0 Å². The van der Waals surface area contributed by atoms with Gasteiger partial charge in [-0.25, -0.2) is 9.97 Å². The van der Waals surface area contributed by atoms with E-state index in [9.17, 15) is 4.79 Å². The lowest BCUT2D eigenvalue weighted by Gasteiger charge is -2.31. The quantitative estimate of drug-likeness (QED) is 0.883. The second-order valence-corrected chi connectivity index (χ2v) is 6.30. The Hall–Kier alpha value is -2.48. The summed E-state index contributed by atoms with van der Waals surface area (Å²) in [6.45, 7) is 3.57. The van der Waals surface area contributed by atoms with Crippen molar-refractivity contribution in [3.8, 4) is 0 Å². The molecule has 2 aromatic heterocycles. The van der Waals surface area contributed by atoms with Crippen molar-refractivity contribution in [2.45, 2.75) is 25.9 Å². The summed E-state index contributed by atoms with van der Waals surface area (Å²) < 4.78 is 5.77. The number of nitrogens with zero attached hydrogens (tertiary/aromatic N) is 5. The first-order valence-electron chi connectivity index (χ1n) is 8.54. The molecule has 0 radical (unpaired) electrons. The molecule has 0 saturated carbocycles. The third-order valence-corrected chi connectivity index (χ3v) is 4.13. The van der Waals surface area contributed by atoms with Gasteiger partial charge in [0.15, 0.2) is 5.82 Å². The maximum Gasteiger partial charge on any atom is 0.254 e. The molecule has 1 N–H and O–H groups in total. The maximum absolute atomic E-state index is 12.8. The molecule has 1 fully saturated rings. The summed E-state index contributed by atoms with van der Waals surface area (Å²) in [5.41, 5.74) is 0.626. The molecule has 25 heavy (non-hydrogen) atoms. The molecule has 1 aliphatic rings. The summed E-state index contributed by atoms with van der Waals surface area (Å²) in [6, 6.07) is 3.55. The minimum Gasteiger partial charge on any atom is -0.366 e. The fraction of sp³-hybridized carbons (Fsp3) is 0.529. The molecule has 0 spiro atoms. The first-order valence-corrected chi connectivity index (χ1v) is 8.54. The molecule has 1 aliphatic heterocycles. The average Bonchev–Trinajstić information content (AvgIpc) is 3.10. The van der Waals surface area contributed by atoms with Gasteiger partial charge in [0.2, 0.25) is 0 Å². The highest BCUT2D eigenvalue weighted by Gasteiger charge is 2.28. The molecule has 1 amide bonds. The number of hydrogen-bond donors (Lipinski definition) is 1. The van der Waals surface area contributed by atoms with Crippen LogP contribution in [-0.2, 0) is 11.2 Å². The topological polar surface area (TPSA) is 87.2 Å². The molecule has 8 heteroatoms. The normalized spacial score (nSPS) is 17.6. The number of aromatic amines is 1. The SMILES string of the molecule is CCCc1nc([C@H]2CN(C(=O)c3ccnc(N(C)C)c3)CCO2)n[nH]1. The van der Waals surface area contributed by atoms with Gasteiger partial charge in [0.1, 0.15) is 17.7 Å². The Labute approximate surface area is 147 Å². The van der Waals surface area contributed by atoms with E-state index in [2.05, 4.69) is 27.1 Å². The summed E-state index contributed by atoms with van der Waals surface area (Å²) in [4.78, 5) is 25.2. The van der Waals surface area contributed by atoms with Crippen molar-refractivity contribution in [1.29, 1.82) is 0 Å².